The second kappa shape index (κ2) is 22.7. The van der Waals surface area contributed by atoms with Gasteiger partial charge < -0.3 is 11.9 Å². The smallest absolute Gasteiger partial charge is 0 e. The fraction of sp³-hybridized carbons (Fsp3) is 0.636. The van der Waals surface area contributed by atoms with Crippen molar-refractivity contribution in [3.63, 3.8) is 0 Å². The van der Waals surface area contributed by atoms with Crippen molar-refractivity contribution in [3.05, 3.63) is 24.9 Å². The number of rotatable bonds is 2. The van der Waals surface area contributed by atoms with Crippen molar-refractivity contribution in [2.75, 3.05) is 0 Å². The minimum absolute atomic E-state index is 0. The maximum absolute atomic E-state index is 4.49. The number of nitrogens with two attached hydrogens (primary N) is 1. The third-order valence-electron chi connectivity index (χ3n) is 1.45. The Morgan fingerprint density at radius 3 is 1.69 bits per heavy atom. The van der Waals surface area contributed by atoms with Gasteiger partial charge in [0.2, 0.25) is 0 Å². The topological polar surface area (TPSA) is 26.0 Å². The summed E-state index contributed by atoms with van der Waals surface area (Å²) >= 11 is 0. The predicted molar refractivity (Wildman–Crippen MR) is 58.7 cm³/mol. The second-order valence-corrected chi connectivity index (χ2v) is 2.36. The molecule has 0 heterocycles. The number of allylic oxidation sites excluding steroid dienone is 1. The Morgan fingerprint density at radius 2 is 1.69 bits per heavy atom. The molecule has 0 aliphatic carbocycles. The van der Waals surface area contributed by atoms with E-state index in [4.69, 9.17) is 0 Å². The second-order valence-electron chi connectivity index (χ2n) is 2.36. The Kier molecular flexibility index (Phi) is 40.3. The Bertz CT molecular complexity index is 100. The number of hydrogen-bond donors (Lipinski definition) is 1. The van der Waals surface area contributed by atoms with Crippen LogP contribution in [-0.2, 0) is 21.1 Å². The van der Waals surface area contributed by atoms with Crippen LogP contribution in [0.2, 0.25) is 0 Å². The minimum atomic E-state index is 0. The third-order valence-corrected chi connectivity index (χ3v) is 1.45. The van der Waals surface area contributed by atoms with Crippen molar-refractivity contribution in [2.24, 2.45) is 11.7 Å². The summed E-state index contributed by atoms with van der Waals surface area (Å²) in [4.78, 5) is 0. The molecule has 0 aromatic carbocycles. The molecule has 0 rings (SSSR count). The van der Waals surface area contributed by atoms with Crippen LogP contribution in [0.25, 0.3) is 0 Å². The number of hydrogen-bond acceptors (Lipinski definition) is 1. The van der Waals surface area contributed by atoms with Crippen LogP contribution >= 0.6 is 0 Å². The van der Waals surface area contributed by atoms with Crippen LogP contribution < -0.4 is 5.73 Å². The average molecular weight is 354 g/mol. The standard InChI is InChI=1S/C7H14.C2H4N.C2H6.W/c1-5-7(4)6(2)3;1-2-3;1-2;/h7H,2,5H2,1,3-4H3;1,3H2;1-2H3;/q;-1;;. The molecule has 1 nitrogen and oxygen atoms in total. The van der Waals surface area contributed by atoms with Gasteiger partial charge in [-0.15, -0.1) is 0 Å². The molecule has 0 aliphatic rings. The van der Waals surface area contributed by atoms with E-state index in [1.165, 1.54) is 12.0 Å². The molecular weight excluding hydrogens is 330 g/mol. The van der Waals surface area contributed by atoms with Gasteiger partial charge in [-0.3, -0.25) is 6.58 Å². The minimum Gasteiger partial charge on any atom is -0.580 e. The molecule has 0 aliphatic heterocycles. The van der Waals surface area contributed by atoms with Crippen LogP contribution in [0.4, 0.5) is 0 Å². The summed E-state index contributed by atoms with van der Waals surface area (Å²) in [6.07, 6.45) is 3.22. The van der Waals surface area contributed by atoms with Crippen molar-refractivity contribution in [2.45, 2.75) is 41.0 Å². The molecule has 2 heteroatoms. The fourth-order valence-electron chi connectivity index (χ4n) is 0.348. The summed E-state index contributed by atoms with van der Waals surface area (Å²) in [7, 11) is 0. The van der Waals surface area contributed by atoms with E-state index < -0.39 is 0 Å². The van der Waals surface area contributed by atoms with E-state index in [2.05, 4.69) is 39.7 Å². The molecule has 0 aromatic rings. The molecule has 80 valence electrons. The Balaban J connectivity index is -0.0000000581. The van der Waals surface area contributed by atoms with Crippen LogP contribution in [0.5, 0.6) is 0 Å². The summed E-state index contributed by atoms with van der Waals surface area (Å²) in [5, 5.41) is 0. The largest absolute Gasteiger partial charge is 0.580 e. The Labute approximate surface area is 98.7 Å². The maximum atomic E-state index is 4.49. The molecule has 0 aromatic heterocycles. The van der Waals surface area contributed by atoms with Crippen molar-refractivity contribution in [3.8, 4) is 0 Å². The van der Waals surface area contributed by atoms with Gasteiger partial charge >= 0.3 is 0 Å². The summed E-state index contributed by atoms with van der Waals surface area (Å²) < 4.78 is 0. The Hall–Kier alpha value is -0.0317. The predicted octanol–water partition coefficient (Wildman–Crippen LogP) is 3.52. The van der Waals surface area contributed by atoms with Crippen molar-refractivity contribution in [1.29, 1.82) is 0 Å². The van der Waals surface area contributed by atoms with Crippen LogP contribution in [-0.4, -0.2) is 0 Å². The summed E-state index contributed by atoms with van der Waals surface area (Å²) in [5.74, 6) is 0.708. The summed E-state index contributed by atoms with van der Waals surface area (Å²) in [6.45, 7) is 17.3. The van der Waals surface area contributed by atoms with E-state index in [1.807, 2.05) is 20.0 Å². The van der Waals surface area contributed by atoms with Crippen LogP contribution in [0.15, 0.2) is 18.7 Å². The maximum Gasteiger partial charge on any atom is 0 e. The van der Waals surface area contributed by atoms with Crippen molar-refractivity contribution >= 4 is 0 Å². The van der Waals surface area contributed by atoms with Gasteiger partial charge in [0.1, 0.15) is 0 Å². The van der Waals surface area contributed by atoms with Crippen LogP contribution in [0.3, 0.4) is 0 Å². The van der Waals surface area contributed by atoms with E-state index in [-0.39, 0.29) is 21.1 Å². The van der Waals surface area contributed by atoms with Gasteiger partial charge in [0, 0.05) is 21.1 Å². The average Bonchev–Trinajstić information content (AvgIpc) is 2.08. The molecule has 13 heavy (non-hydrogen) atoms. The first-order valence-electron chi connectivity index (χ1n) is 4.48. The monoisotopic (exact) mass is 354 g/mol. The molecule has 1 unspecified atom stereocenters. The summed E-state index contributed by atoms with van der Waals surface area (Å²) in [5.41, 5.74) is 5.78. The van der Waals surface area contributed by atoms with E-state index in [0.29, 0.717) is 5.92 Å². The quantitative estimate of drug-likeness (QED) is 0.458. The van der Waals surface area contributed by atoms with Gasteiger partial charge in [-0.25, -0.2) is 0 Å². The van der Waals surface area contributed by atoms with E-state index in [1.54, 1.807) is 0 Å². The van der Waals surface area contributed by atoms with E-state index in [9.17, 15) is 0 Å². The van der Waals surface area contributed by atoms with Crippen LogP contribution in [0, 0.1) is 12.1 Å². The van der Waals surface area contributed by atoms with Gasteiger partial charge in [0.15, 0.2) is 0 Å². The van der Waals surface area contributed by atoms with Gasteiger partial charge in [-0.2, -0.15) is 0 Å². The van der Waals surface area contributed by atoms with Crippen molar-refractivity contribution < 1.29 is 21.1 Å². The molecule has 0 fully saturated rings. The third kappa shape index (κ3) is 33.4. The zero-order chi connectivity index (χ0) is 10.6. The molecule has 0 spiro atoms. The SMILES string of the molecule is C=C(C)C(C)CC.C=[C-]N.CC.[W]. The van der Waals surface area contributed by atoms with Crippen molar-refractivity contribution in [1.82, 2.24) is 0 Å². The zero-order valence-corrected chi connectivity index (χ0v) is 12.6. The molecule has 2 N–H and O–H groups in total. The first kappa shape index (κ1) is 23.1. The molecular formula is C11H24NW-. The van der Waals surface area contributed by atoms with E-state index >= 15 is 0 Å². The molecule has 0 amide bonds. The molecule has 1 atom stereocenters. The van der Waals surface area contributed by atoms with Crippen LogP contribution in [0.1, 0.15) is 41.0 Å². The van der Waals surface area contributed by atoms with Gasteiger partial charge in [-0.05, 0) is 19.3 Å². The van der Waals surface area contributed by atoms with Gasteiger partial charge in [-0.1, -0.05) is 39.8 Å². The molecule has 0 radical (unpaired) electrons. The fourth-order valence-corrected chi connectivity index (χ4v) is 0.348. The van der Waals surface area contributed by atoms with Gasteiger partial charge in [0.05, 0.1) is 0 Å². The molecule has 0 saturated heterocycles. The molecule has 0 bridgehead atoms. The Morgan fingerprint density at radius 1 is 1.46 bits per heavy atom. The van der Waals surface area contributed by atoms with Gasteiger partial charge in [0.25, 0.3) is 0 Å². The normalized spacial score (nSPS) is 8.69. The first-order valence-corrected chi connectivity index (χ1v) is 4.48. The first-order chi connectivity index (χ1) is 5.59. The summed E-state index contributed by atoms with van der Waals surface area (Å²) in [6, 6.07) is 0. The van der Waals surface area contributed by atoms with E-state index in [0.717, 1.165) is 0 Å². The molecule has 0 saturated carbocycles. The zero-order valence-electron chi connectivity index (χ0n) is 9.68.